The summed E-state index contributed by atoms with van der Waals surface area (Å²) in [4.78, 5) is 14.0. The average molecular weight is 274 g/mol. The summed E-state index contributed by atoms with van der Waals surface area (Å²) in [5.41, 5.74) is 8.87. The Morgan fingerprint density at radius 3 is 2.35 bits per heavy atom. The lowest BCUT2D eigenvalue weighted by Crippen LogP contribution is -2.48. The van der Waals surface area contributed by atoms with Crippen LogP contribution in [-0.4, -0.2) is 23.4 Å². The number of hydrogen-bond acceptors (Lipinski definition) is 2. The van der Waals surface area contributed by atoms with Crippen molar-refractivity contribution in [1.29, 1.82) is 0 Å². The van der Waals surface area contributed by atoms with Gasteiger partial charge in [-0.3, -0.25) is 4.79 Å². The van der Waals surface area contributed by atoms with Crippen molar-refractivity contribution in [3.8, 4) is 0 Å². The minimum atomic E-state index is 0.0234. The molecule has 110 valence electrons. The van der Waals surface area contributed by atoms with Crippen LogP contribution in [0.4, 0.5) is 0 Å². The van der Waals surface area contributed by atoms with Crippen molar-refractivity contribution in [3.05, 3.63) is 35.4 Å². The van der Waals surface area contributed by atoms with E-state index >= 15 is 0 Å². The molecule has 20 heavy (non-hydrogen) atoms. The highest BCUT2D eigenvalue weighted by Gasteiger charge is 2.33. The predicted octanol–water partition coefficient (Wildman–Crippen LogP) is 2.99. The van der Waals surface area contributed by atoms with Crippen molar-refractivity contribution in [2.24, 2.45) is 5.73 Å². The van der Waals surface area contributed by atoms with Crippen LogP contribution in [0.25, 0.3) is 0 Å². The molecule has 2 N–H and O–H groups in total. The fourth-order valence-corrected chi connectivity index (χ4v) is 2.96. The Morgan fingerprint density at radius 1 is 1.25 bits per heavy atom. The number of hydrogen-bond donors (Lipinski definition) is 1. The van der Waals surface area contributed by atoms with Crippen LogP contribution in [-0.2, 0) is 10.2 Å². The molecule has 3 heteroatoms. The molecule has 1 heterocycles. The molecule has 2 rings (SSSR count). The summed E-state index contributed by atoms with van der Waals surface area (Å²) in [6, 6.07) is 8.64. The van der Waals surface area contributed by atoms with Crippen molar-refractivity contribution in [2.75, 3.05) is 6.54 Å². The van der Waals surface area contributed by atoms with Gasteiger partial charge in [-0.05, 0) is 29.9 Å². The van der Waals surface area contributed by atoms with Crippen LogP contribution in [0.2, 0.25) is 0 Å². The standard InChI is InChI=1S/C17H26N2O/c1-5-19-15(20)11-10-14(18)16(19)12-6-8-13(9-7-12)17(2,3)4/h6-9,14,16H,5,10-11,18H2,1-4H3. The summed E-state index contributed by atoms with van der Waals surface area (Å²) in [7, 11) is 0. The zero-order chi connectivity index (χ0) is 14.9. The third kappa shape index (κ3) is 2.88. The molecule has 1 fully saturated rings. The van der Waals surface area contributed by atoms with Crippen molar-refractivity contribution < 1.29 is 4.79 Å². The van der Waals surface area contributed by atoms with Crippen molar-refractivity contribution in [3.63, 3.8) is 0 Å². The summed E-state index contributed by atoms with van der Waals surface area (Å²) in [5, 5.41) is 0. The first-order chi connectivity index (χ1) is 9.34. The van der Waals surface area contributed by atoms with Gasteiger partial charge in [0.25, 0.3) is 0 Å². The number of likely N-dealkylation sites (N-methyl/N-ethyl adjacent to an activating group) is 1. The van der Waals surface area contributed by atoms with Gasteiger partial charge in [-0.2, -0.15) is 0 Å². The SMILES string of the molecule is CCN1C(=O)CCC(N)C1c1ccc(C(C)(C)C)cc1. The second kappa shape index (κ2) is 5.57. The number of nitrogens with zero attached hydrogens (tertiary/aromatic N) is 1. The van der Waals surface area contributed by atoms with Crippen molar-refractivity contribution in [2.45, 2.75) is 58.0 Å². The van der Waals surface area contributed by atoms with E-state index in [0.29, 0.717) is 6.42 Å². The second-order valence-electron chi connectivity index (χ2n) is 6.70. The van der Waals surface area contributed by atoms with E-state index < -0.39 is 0 Å². The first-order valence-corrected chi connectivity index (χ1v) is 7.50. The van der Waals surface area contributed by atoms with Gasteiger partial charge < -0.3 is 10.6 Å². The predicted molar refractivity (Wildman–Crippen MR) is 82.5 cm³/mol. The molecule has 0 spiro atoms. The molecule has 2 atom stereocenters. The minimum absolute atomic E-state index is 0.0234. The summed E-state index contributed by atoms with van der Waals surface area (Å²) >= 11 is 0. The van der Waals surface area contributed by atoms with Crippen LogP contribution >= 0.6 is 0 Å². The highest BCUT2D eigenvalue weighted by Crippen LogP contribution is 2.32. The maximum absolute atomic E-state index is 12.1. The van der Waals surface area contributed by atoms with E-state index in [-0.39, 0.29) is 23.4 Å². The molecule has 1 saturated heterocycles. The van der Waals surface area contributed by atoms with E-state index in [1.807, 2.05) is 11.8 Å². The van der Waals surface area contributed by atoms with E-state index in [0.717, 1.165) is 18.5 Å². The molecule has 0 radical (unpaired) electrons. The lowest BCUT2D eigenvalue weighted by molar-refractivity contribution is -0.137. The molecule has 2 unspecified atom stereocenters. The van der Waals surface area contributed by atoms with E-state index in [1.54, 1.807) is 0 Å². The molecule has 1 aromatic carbocycles. The van der Waals surface area contributed by atoms with E-state index in [2.05, 4.69) is 45.0 Å². The van der Waals surface area contributed by atoms with Gasteiger partial charge in [-0.15, -0.1) is 0 Å². The monoisotopic (exact) mass is 274 g/mol. The molecule has 1 amide bonds. The van der Waals surface area contributed by atoms with Crippen molar-refractivity contribution in [1.82, 2.24) is 4.90 Å². The number of amides is 1. The number of piperidine rings is 1. The topological polar surface area (TPSA) is 46.3 Å². The Labute approximate surface area is 122 Å². The van der Waals surface area contributed by atoms with Gasteiger partial charge in [-0.1, -0.05) is 45.0 Å². The van der Waals surface area contributed by atoms with Gasteiger partial charge in [0.15, 0.2) is 0 Å². The Kier molecular flexibility index (Phi) is 4.19. The van der Waals surface area contributed by atoms with Crippen LogP contribution in [0, 0.1) is 0 Å². The molecule has 1 aliphatic rings. The number of rotatable bonds is 2. The highest BCUT2D eigenvalue weighted by atomic mass is 16.2. The summed E-state index contributed by atoms with van der Waals surface area (Å²) < 4.78 is 0. The van der Waals surface area contributed by atoms with Gasteiger partial charge in [0.1, 0.15) is 0 Å². The maximum atomic E-state index is 12.1. The van der Waals surface area contributed by atoms with Gasteiger partial charge in [0.2, 0.25) is 5.91 Å². The van der Waals surface area contributed by atoms with Gasteiger partial charge in [0.05, 0.1) is 6.04 Å². The van der Waals surface area contributed by atoms with Crippen LogP contribution in [0.15, 0.2) is 24.3 Å². The quantitative estimate of drug-likeness (QED) is 0.901. The molecule has 1 aromatic rings. The van der Waals surface area contributed by atoms with Gasteiger partial charge in [-0.25, -0.2) is 0 Å². The molecule has 0 aromatic heterocycles. The molecule has 0 bridgehead atoms. The molecular formula is C17H26N2O. The molecule has 1 aliphatic heterocycles. The normalized spacial score (nSPS) is 24.1. The highest BCUT2D eigenvalue weighted by molar-refractivity contribution is 5.77. The fourth-order valence-electron chi connectivity index (χ4n) is 2.96. The van der Waals surface area contributed by atoms with Gasteiger partial charge >= 0.3 is 0 Å². The Morgan fingerprint density at radius 2 is 1.85 bits per heavy atom. The average Bonchev–Trinajstić information content (AvgIpc) is 2.40. The lowest BCUT2D eigenvalue weighted by atomic mass is 9.84. The summed E-state index contributed by atoms with van der Waals surface area (Å²) in [6.45, 7) is 9.35. The number of carbonyl (C=O) groups excluding carboxylic acids is 1. The van der Waals surface area contributed by atoms with Crippen LogP contribution in [0.5, 0.6) is 0 Å². The van der Waals surface area contributed by atoms with Crippen LogP contribution in [0.1, 0.15) is 57.7 Å². The zero-order valence-corrected chi connectivity index (χ0v) is 13.0. The number of likely N-dealkylation sites (tertiary alicyclic amines) is 1. The summed E-state index contributed by atoms with van der Waals surface area (Å²) in [6.07, 6.45) is 1.35. The number of carbonyl (C=O) groups is 1. The van der Waals surface area contributed by atoms with E-state index in [4.69, 9.17) is 5.73 Å². The Hall–Kier alpha value is -1.35. The minimum Gasteiger partial charge on any atom is -0.334 e. The third-order valence-electron chi connectivity index (χ3n) is 4.21. The largest absolute Gasteiger partial charge is 0.334 e. The third-order valence-corrected chi connectivity index (χ3v) is 4.21. The van der Waals surface area contributed by atoms with Crippen LogP contribution in [0.3, 0.4) is 0 Å². The molecular weight excluding hydrogens is 248 g/mol. The Bertz CT molecular complexity index is 473. The molecule has 3 nitrogen and oxygen atoms in total. The first kappa shape index (κ1) is 15.0. The number of nitrogens with two attached hydrogens (primary N) is 1. The maximum Gasteiger partial charge on any atom is 0.223 e. The molecule has 0 saturated carbocycles. The summed E-state index contributed by atoms with van der Waals surface area (Å²) in [5.74, 6) is 0.221. The first-order valence-electron chi connectivity index (χ1n) is 7.50. The second-order valence-corrected chi connectivity index (χ2v) is 6.70. The van der Waals surface area contributed by atoms with Gasteiger partial charge in [0, 0.05) is 19.0 Å². The van der Waals surface area contributed by atoms with Crippen molar-refractivity contribution >= 4 is 5.91 Å². The zero-order valence-electron chi connectivity index (χ0n) is 13.0. The van der Waals surface area contributed by atoms with Crippen LogP contribution < -0.4 is 5.73 Å². The fraction of sp³-hybridized carbons (Fsp3) is 0.588. The number of benzene rings is 1. The molecule has 0 aliphatic carbocycles. The lowest BCUT2D eigenvalue weighted by Gasteiger charge is -2.39. The van der Waals surface area contributed by atoms with E-state index in [9.17, 15) is 4.79 Å². The van der Waals surface area contributed by atoms with E-state index in [1.165, 1.54) is 5.56 Å². The Balaban J connectivity index is 2.31. The smallest absolute Gasteiger partial charge is 0.223 e.